The molecule has 0 saturated heterocycles. The zero-order valence-corrected chi connectivity index (χ0v) is 11.5. The van der Waals surface area contributed by atoms with Gasteiger partial charge in [-0.15, -0.1) is 0 Å². The van der Waals surface area contributed by atoms with Gasteiger partial charge in [0.05, 0.1) is 17.5 Å². The van der Waals surface area contributed by atoms with E-state index >= 15 is 0 Å². The van der Waals surface area contributed by atoms with E-state index in [0.29, 0.717) is 16.9 Å². The number of aromatic carboxylic acids is 1. The Morgan fingerprint density at radius 2 is 2.00 bits per heavy atom. The first-order valence-electron chi connectivity index (χ1n) is 6.69. The average Bonchev–Trinajstić information content (AvgIpc) is 2.47. The van der Waals surface area contributed by atoms with Crippen LogP contribution in [-0.4, -0.2) is 16.9 Å². The van der Waals surface area contributed by atoms with Crippen LogP contribution in [0, 0.1) is 6.92 Å². The van der Waals surface area contributed by atoms with E-state index in [2.05, 4.69) is 0 Å². The number of ketones is 1. The van der Waals surface area contributed by atoms with Crippen LogP contribution in [0.15, 0.2) is 42.5 Å². The minimum Gasteiger partial charge on any atom is -0.484 e. The Hall–Kier alpha value is -2.62. The third-order valence-corrected chi connectivity index (χ3v) is 3.61. The highest BCUT2D eigenvalue weighted by atomic mass is 16.5. The van der Waals surface area contributed by atoms with Crippen LogP contribution < -0.4 is 4.74 Å². The van der Waals surface area contributed by atoms with Crippen LogP contribution in [0.4, 0.5) is 0 Å². The molecule has 0 aromatic heterocycles. The van der Waals surface area contributed by atoms with Gasteiger partial charge in [0, 0.05) is 5.56 Å². The van der Waals surface area contributed by atoms with Gasteiger partial charge in [-0.25, -0.2) is 4.79 Å². The second-order valence-electron chi connectivity index (χ2n) is 5.13. The van der Waals surface area contributed by atoms with Gasteiger partial charge in [-0.05, 0) is 25.1 Å². The SMILES string of the molecule is Cc1ccc2c(c1)C(=O)CC(c1ccccc1C(=O)O)O2. The summed E-state index contributed by atoms with van der Waals surface area (Å²) >= 11 is 0. The van der Waals surface area contributed by atoms with Crippen molar-refractivity contribution in [1.82, 2.24) is 0 Å². The Labute approximate surface area is 122 Å². The molecule has 0 fully saturated rings. The molecule has 0 radical (unpaired) electrons. The van der Waals surface area contributed by atoms with E-state index in [0.717, 1.165) is 5.56 Å². The number of carboxylic acids is 1. The summed E-state index contributed by atoms with van der Waals surface area (Å²) in [6.07, 6.45) is -0.402. The summed E-state index contributed by atoms with van der Waals surface area (Å²) in [5, 5.41) is 9.25. The minimum atomic E-state index is -1.02. The molecule has 4 heteroatoms. The molecule has 1 unspecified atom stereocenters. The number of fused-ring (bicyclic) bond motifs is 1. The van der Waals surface area contributed by atoms with Crippen LogP contribution in [0.2, 0.25) is 0 Å². The molecule has 0 amide bonds. The van der Waals surface area contributed by atoms with Crippen molar-refractivity contribution < 1.29 is 19.4 Å². The van der Waals surface area contributed by atoms with Crippen LogP contribution in [-0.2, 0) is 0 Å². The lowest BCUT2D eigenvalue weighted by atomic mass is 9.93. The molecule has 0 spiro atoms. The first-order chi connectivity index (χ1) is 10.1. The van der Waals surface area contributed by atoms with Gasteiger partial charge < -0.3 is 9.84 Å². The van der Waals surface area contributed by atoms with Crippen molar-refractivity contribution in [3.05, 3.63) is 64.7 Å². The molecule has 1 atom stereocenters. The van der Waals surface area contributed by atoms with Gasteiger partial charge >= 0.3 is 5.97 Å². The summed E-state index contributed by atoms with van der Waals surface area (Å²) in [7, 11) is 0. The fraction of sp³-hybridized carbons (Fsp3) is 0.176. The summed E-state index contributed by atoms with van der Waals surface area (Å²) in [5.41, 5.74) is 2.27. The summed E-state index contributed by atoms with van der Waals surface area (Å²) in [6.45, 7) is 1.92. The number of rotatable bonds is 2. The van der Waals surface area contributed by atoms with Gasteiger partial charge in [-0.2, -0.15) is 0 Å². The van der Waals surface area contributed by atoms with Crippen molar-refractivity contribution in [2.24, 2.45) is 0 Å². The molecular formula is C17H14O4. The van der Waals surface area contributed by atoms with E-state index in [1.165, 1.54) is 6.07 Å². The monoisotopic (exact) mass is 282 g/mol. The second kappa shape index (κ2) is 5.05. The molecule has 1 heterocycles. The largest absolute Gasteiger partial charge is 0.484 e. The fourth-order valence-electron chi connectivity index (χ4n) is 2.58. The summed E-state index contributed by atoms with van der Waals surface area (Å²) in [4.78, 5) is 23.6. The van der Waals surface area contributed by atoms with E-state index in [1.807, 2.05) is 13.0 Å². The maximum absolute atomic E-state index is 12.3. The summed E-state index contributed by atoms with van der Waals surface area (Å²) in [5.74, 6) is -0.525. The molecule has 1 aliphatic heterocycles. The van der Waals surface area contributed by atoms with Crippen LogP contribution in [0.1, 0.15) is 44.4 Å². The van der Waals surface area contributed by atoms with Gasteiger partial charge in [0.1, 0.15) is 11.9 Å². The van der Waals surface area contributed by atoms with Crippen molar-refractivity contribution in [2.75, 3.05) is 0 Å². The number of aryl methyl sites for hydroxylation is 1. The van der Waals surface area contributed by atoms with E-state index in [1.54, 1.807) is 30.3 Å². The first-order valence-corrected chi connectivity index (χ1v) is 6.69. The molecule has 0 aliphatic carbocycles. The Kier molecular flexibility index (Phi) is 3.22. The second-order valence-corrected chi connectivity index (χ2v) is 5.13. The minimum absolute atomic E-state index is 0.0230. The number of carbonyl (C=O) groups excluding carboxylic acids is 1. The molecule has 4 nitrogen and oxygen atoms in total. The Balaban J connectivity index is 2.02. The molecule has 3 rings (SSSR count). The van der Waals surface area contributed by atoms with E-state index in [4.69, 9.17) is 4.74 Å². The number of carbonyl (C=O) groups is 2. The molecule has 1 N–H and O–H groups in total. The Morgan fingerprint density at radius 3 is 2.76 bits per heavy atom. The maximum Gasteiger partial charge on any atom is 0.336 e. The zero-order chi connectivity index (χ0) is 15.0. The zero-order valence-electron chi connectivity index (χ0n) is 11.5. The molecule has 2 aromatic carbocycles. The third-order valence-electron chi connectivity index (χ3n) is 3.61. The standard InChI is InChI=1S/C17H14O4/c1-10-6-7-15-13(8-10)14(18)9-16(21-15)11-4-2-3-5-12(11)17(19)20/h2-8,16H,9H2,1H3,(H,19,20). The van der Waals surface area contributed by atoms with Crippen molar-refractivity contribution in [1.29, 1.82) is 0 Å². The third kappa shape index (κ3) is 2.40. The lowest BCUT2D eigenvalue weighted by Crippen LogP contribution is -2.22. The normalized spacial score (nSPS) is 17.0. The number of Topliss-reactive ketones (excluding diaryl/α,β-unsaturated/α-hetero) is 1. The molecule has 0 saturated carbocycles. The quantitative estimate of drug-likeness (QED) is 0.917. The highest BCUT2D eigenvalue weighted by Crippen LogP contribution is 2.36. The lowest BCUT2D eigenvalue weighted by Gasteiger charge is -2.26. The lowest BCUT2D eigenvalue weighted by molar-refractivity contribution is 0.0682. The summed E-state index contributed by atoms with van der Waals surface area (Å²) in [6, 6.07) is 12.1. The Morgan fingerprint density at radius 1 is 1.24 bits per heavy atom. The predicted octanol–water partition coefficient (Wildman–Crippen LogP) is 3.40. The van der Waals surface area contributed by atoms with Crippen LogP contribution in [0.3, 0.4) is 0 Å². The topological polar surface area (TPSA) is 63.6 Å². The number of hydrogen-bond acceptors (Lipinski definition) is 3. The van der Waals surface area contributed by atoms with Crippen LogP contribution in [0.25, 0.3) is 0 Å². The molecule has 21 heavy (non-hydrogen) atoms. The smallest absolute Gasteiger partial charge is 0.336 e. The Bertz CT molecular complexity index is 733. The number of ether oxygens (including phenoxy) is 1. The van der Waals surface area contributed by atoms with Crippen molar-refractivity contribution >= 4 is 11.8 Å². The van der Waals surface area contributed by atoms with E-state index in [9.17, 15) is 14.7 Å². The van der Waals surface area contributed by atoms with E-state index in [-0.39, 0.29) is 17.8 Å². The summed E-state index contributed by atoms with van der Waals surface area (Å²) < 4.78 is 5.85. The molecule has 1 aliphatic rings. The highest BCUT2D eigenvalue weighted by molar-refractivity contribution is 6.00. The molecule has 106 valence electrons. The van der Waals surface area contributed by atoms with Gasteiger partial charge in [-0.3, -0.25) is 4.79 Å². The number of carboxylic acid groups (broad SMARTS) is 1. The highest BCUT2D eigenvalue weighted by Gasteiger charge is 2.30. The number of hydrogen-bond donors (Lipinski definition) is 1. The predicted molar refractivity (Wildman–Crippen MR) is 76.9 cm³/mol. The van der Waals surface area contributed by atoms with Gasteiger partial charge in [0.25, 0.3) is 0 Å². The maximum atomic E-state index is 12.3. The fourth-order valence-corrected chi connectivity index (χ4v) is 2.58. The first kappa shape index (κ1) is 13.4. The van der Waals surface area contributed by atoms with Gasteiger partial charge in [0.2, 0.25) is 0 Å². The van der Waals surface area contributed by atoms with E-state index < -0.39 is 12.1 Å². The average molecular weight is 282 g/mol. The van der Waals surface area contributed by atoms with Crippen LogP contribution >= 0.6 is 0 Å². The van der Waals surface area contributed by atoms with Gasteiger partial charge in [-0.1, -0.05) is 29.8 Å². The molecular weight excluding hydrogens is 268 g/mol. The van der Waals surface area contributed by atoms with Crippen LogP contribution in [0.5, 0.6) is 5.75 Å². The van der Waals surface area contributed by atoms with Crippen molar-refractivity contribution in [2.45, 2.75) is 19.4 Å². The van der Waals surface area contributed by atoms with Crippen molar-refractivity contribution in [3.63, 3.8) is 0 Å². The van der Waals surface area contributed by atoms with Gasteiger partial charge in [0.15, 0.2) is 5.78 Å². The van der Waals surface area contributed by atoms with Crippen molar-refractivity contribution in [3.8, 4) is 5.75 Å². The molecule has 0 bridgehead atoms. The number of benzene rings is 2. The molecule has 2 aromatic rings.